The van der Waals surface area contributed by atoms with Crippen molar-refractivity contribution in [1.29, 1.82) is 0 Å². The summed E-state index contributed by atoms with van der Waals surface area (Å²) < 4.78 is 75.2. The largest absolute Gasteiger partial charge is 0.382 e. The van der Waals surface area contributed by atoms with Gasteiger partial charge in [0.2, 0.25) is 0 Å². The maximum absolute atomic E-state index is 15.9. The fraction of sp³-hybridized carbons (Fsp3) is 0.524. The van der Waals surface area contributed by atoms with E-state index in [2.05, 4.69) is 34.6 Å². The van der Waals surface area contributed by atoms with Crippen LogP contribution < -0.4 is 16.0 Å². The van der Waals surface area contributed by atoms with Gasteiger partial charge < -0.3 is 34.1 Å². The van der Waals surface area contributed by atoms with Crippen LogP contribution in [0.25, 0.3) is 22.3 Å². The molecule has 1 unspecified atom stereocenters. The zero-order valence-electron chi connectivity index (χ0n) is 22.5. The van der Waals surface area contributed by atoms with Crippen molar-refractivity contribution in [3.63, 3.8) is 0 Å². The number of fused-ring (bicyclic) bond motifs is 5. The molecule has 3 saturated heterocycles. The summed E-state index contributed by atoms with van der Waals surface area (Å²) in [6.07, 6.45) is -4.05. The lowest BCUT2D eigenvalue weighted by atomic mass is 10.1. The molecule has 0 amide bonds. The number of hydrogen-bond acceptors (Lipinski definition) is 15. The quantitative estimate of drug-likeness (QED) is 0.191. The summed E-state index contributed by atoms with van der Waals surface area (Å²) in [5.74, 6) is 0.363. The van der Waals surface area contributed by atoms with E-state index >= 15 is 4.39 Å². The molecule has 5 N–H and O–H groups in total. The third kappa shape index (κ3) is 5.29. The van der Waals surface area contributed by atoms with Crippen LogP contribution in [0.15, 0.2) is 23.8 Å². The van der Waals surface area contributed by atoms with Gasteiger partial charge in [0.05, 0.1) is 38.0 Å². The summed E-state index contributed by atoms with van der Waals surface area (Å²) in [4.78, 5) is 46.4. The number of hydrogen-bond donors (Lipinski definition) is 4. The molecule has 23 heteroatoms. The van der Waals surface area contributed by atoms with E-state index in [0.717, 1.165) is 6.33 Å². The minimum absolute atomic E-state index is 0.000200. The third-order valence-corrected chi connectivity index (χ3v) is 9.92. The van der Waals surface area contributed by atoms with Gasteiger partial charge in [0.25, 0.3) is 5.56 Å². The van der Waals surface area contributed by atoms with Gasteiger partial charge in [-0.3, -0.25) is 18.1 Å². The fourth-order valence-corrected chi connectivity index (χ4v) is 7.86. The molecule has 7 rings (SSSR count). The zero-order chi connectivity index (χ0) is 31.0. The van der Waals surface area contributed by atoms with Gasteiger partial charge in [0, 0.05) is 6.42 Å². The first kappa shape index (κ1) is 29.6. The molecule has 3 aliphatic heterocycles. The van der Waals surface area contributed by atoms with Gasteiger partial charge in [-0.1, -0.05) is 0 Å². The molecule has 0 aliphatic carbocycles. The Morgan fingerprint density at radius 1 is 1.09 bits per heavy atom. The molecule has 3 fully saturated rings. The Morgan fingerprint density at radius 3 is 2.64 bits per heavy atom. The number of nitrogens with two attached hydrogens (primary N) is 1. The first-order chi connectivity index (χ1) is 20.9. The molecule has 4 aromatic heterocycles. The van der Waals surface area contributed by atoms with Crippen molar-refractivity contribution in [2.24, 2.45) is 0 Å². The fourth-order valence-electron chi connectivity index (χ4n) is 5.40. The number of nitrogens with zero attached hydrogens (tertiary/aromatic N) is 7. The second kappa shape index (κ2) is 10.8. The van der Waals surface area contributed by atoms with E-state index in [0.29, 0.717) is 5.82 Å². The maximum Gasteiger partial charge on any atom is 0.336 e. The van der Waals surface area contributed by atoms with Gasteiger partial charge >= 0.3 is 17.0 Å². The lowest BCUT2D eigenvalue weighted by Crippen LogP contribution is -2.48. The van der Waals surface area contributed by atoms with Crippen LogP contribution in [0.2, 0.25) is 0 Å². The number of halogens is 1. The summed E-state index contributed by atoms with van der Waals surface area (Å²) in [5, 5.41) is 0. The normalized spacial score (nSPS) is 34.4. The molecule has 0 spiro atoms. The number of nitrogens with one attached hydrogen (secondary N) is 2. The Balaban J connectivity index is 1.19. The number of H-pyrrole nitrogens is 1. The Kier molecular flexibility index (Phi) is 7.27. The van der Waals surface area contributed by atoms with Crippen LogP contribution in [0.3, 0.4) is 0 Å². The Morgan fingerprint density at radius 2 is 1.84 bits per heavy atom. The summed E-state index contributed by atoms with van der Waals surface area (Å²) in [6.45, 7) is -3.59. The van der Waals surface area contributed by atoms with E-state index in [9.17, 15) is 18.1 Å². The van der Waals surface area contributed by atoms with Crippen molar-refractivity contribution < 1.29 is 40.4 Å². The highest BCUT2D eigenvalue weighted by Gasteiger charge is 2.50. The lowest BCUT2D eigenvalue weighted by Gasteiger charge is -2.26. The average Bonchev–Trinajstić information content (AvgIpc) is 3.72. The summed E-state index contributed by atoms with van der Waals surface area (Å²) in [7, 11) is -4.59. The van der Waals surface area contributed by atoms with Gasteiger partial charge in [0.15, 0.2) is 41.3 Å². The van der Waals surface area contributed by atoms with Crippen LogP contribution in [0.4, 0.5) is 10.2 Å². The standard InChI is InChI=1S/C21H24FN10O9PS2/c1-8-28-18-15(19(33)29-8)27-7-32(18)20-10-2-9(39-20)3-38-44(35,36)30-13-11(4-37-42(34,43)41-10)40-21(12(13)22)31-6-26-14-16(23)24-5-25-17(14)31/h5-7,9-13,20-21,30H,2-4H2,1H3,(H,34,43)(H2,23,24,25)(H,28,29,33)/t9-,10+,11+,12+,13+,20+,21+,42?/m0/s1. The number of nitrogen functional groups attached to an aromatic ring is 1. The van der Waals surface area contributed by atoms with Gasteiger partial charge in [-0.25, -0.2) is 29.3 Å². The lowest BCUT2D eigenvalue weighted by molar-refractivity contribution is -0.0504. The van der Waals surface area contributed by atoms with Gasteiger partial charge in [-0.2, -0.15) is 13.1 Å². The van der Waals surface area contributed by atoms with E-state index < -0.39 is 78.8 Å². The van der Waals surface area contributed by atoms with E-state index in [-0.39, 0.29) is 34.6 Å². The summed E-state index contributed by atoms with van der Waals surface area (Å²) in [5.41, 5.74) is 5.88. The zero-order valence-corrected chi connectivity index (χ0v) is 25.0. The van der Waals surface area contributed by atoms with Crippen molar-refractivity contribution >= 4 is 57.0 Å². The highest BCUT2D eigenvalue weighted by atomic mass is 32.5. The van der Waals surface area contributed by atoms with Crippen LogP contribution >= 0.6 is 6.72 Å². The van der Waals surface area contributed by atoms with Gasteiger partial charge in [0.1, 0.15) is 29.9 Å². The number of aromatic amines is 1. The van der Waals surface area contributed by atoms with E-state index in [1.54, 1.807) is 6.92 Å². The van der Waals surface area contributed by atoms with Crippen LogP contribution in [-0.2, 0) is 44.8 Å². The molecule has 4 aromatic rings. The SMILES string of the molecule is Cc1nc2c(ncn2[C@@H]2O[C@@H]3COS(=O)(=O)N[C@H]4[C@@H](F)[C@H](n5cnc6c(N)ncnc65)O[C@@H]4COP(O)(=S)O[C@@H]2C3)c(=O)[nH]1. The molecule has 0 aromatic carbocycles. The second-order valence-corrected chi connectivity index (χ2v) is 14.4. The molecule has 0 radical (unpaired) electrons. The van der Waals surface area contributed by atoms with Crippen LogP contribution in [0.5, 0.6) is 0 Å². The summed E-state index contributed by atoms with van der Waals surface area (Å²) >= 11 is 5.27. The molecule has 3 aliphatic rings. The van der Waals surface area contributed by atoms with E-state index in [1.165, 1.54) is 21.8 Å². The first-order valence-corrected chi connectivity index (χ1v) is 17.0. The molecule has 0 saturated carbocycles. The minimum Gasteiger partial charge on any atom is -0.382 e. The number of imidazole rings is 2. The monoisotopic (exact) mass is 674 g/mol. The Labute approximate surface area is 251 Å². The molecule has 236 valence electrons. The second-order valence-electron chi connectivity index (χ2n) is 10.2. The molecular formula is C21H24FN10O9PS2. The molecule has 8 atom stereocenters. The van der Waals surface area contributed by atoms with Crippen LogP contribution in [0.1, 0.15) is 24.7 Å². The van der Waals surface area contributed by atoms with Gasteiger partial charge in [-0.15, -0.1) is 0 Å². The number of aromatic nitrogens is 8. The van der Waals surface area contributed by atoms with Crippen LogP contribution in [0, 0.1) is 6.92 Å². The highest BCUT2D eigenvalue weighted by Crippen LogP contribution is 2.50. The third-order valence-electron chi connectivity index (χ3n) is 7.32. The average molecular weight is 675 g/mol. The number of anilines is 1. The predicted molar refractivity (Wildman–Crippen MR) is 149 cm³/mol. The molecule has 7 heterocycles. The van der Waals surface area contributed by atoms with E-state index in [4.69, 9.17) is 40.2 Å². The van der Waals surface area contributed by atoms with Crippen LogP contribution in [-0.4, -0.2) is 96.1 Å². The molecule has 44 heavy (non-hydrogen) atoms. The maximum atomic E-state index is 15.9. The van der Waals surface area contributed by atoms with Crippen molar-refractivity contribution in [3.8, 4) is 0 Å². The first-order valence-electron chi connectivity index (χ1n) is 13.0. The topological polar surface area (TPSA) is 246 Å². The number of alkyl halides is 1. The molecular weight excluding hydrogens is 650 g/mol. The predicted octanol–water partition coefficient (Wildman–Crippen LogP) is -0.775. The number of aryl methyl sites for hydroxylation is 1. The van der Waals surface area contributed by atoms with Gasteiger partial charge in [-0.05, 0) is 18.7 Å². The van der Waals surface area contributed by atoms with E-state index in [1.807, 2.05) is 0 Å². The summed E-state index contributed by atoms with van der Waals surface area (Å²) in [6, 6.07) is -1.55. The molecule has 2 bridgehead atoms. The van der Waals surface area contributed by atoms with Crippen molar-refractivity contribution in [1.82, 2.24) is 43.8 Å². The Bertz CT molecular complexity index is 1970. The smallest absolute Gasteiger partial charge is 0.336 e. The van der Waals surface area contributed by atoms with Crippen molar-refractivity contribution in [2.45, 2.75) is 56.3 Å². The number of rotatable bonds is 2. The molecule has 19 nitrogen and oxygen atoms in total. The highest BCUT2D eigenvalue weighted by molar-refractivity contribution is 8.07. The van der Waals surface area contributed by atoms with Crippen molar-refractivity contribution in [2.75, 3.05) is 18.9 Å². The minimum atomic E-state index is -4.59. The number of ether oxygens (including phenoxy) is 2. The van der Waals surface area contributed by atoms with Crippen molar-refractivity contribution in [3.05, 3.63) is 35.2 Å². The Hall–Kier alpha value is -3.05.